The van der Waals surface area contributed by atoms with E-state index < -0.39 is 11.7 Å². The number of halogens is 3. The summed E-state index contributed by atoms with van der Waals surface area (Å²) in [7, 11) is 1.87. The van der Waals surface area contributed by atoms with Crippen LogP contribution in [-0.4, -0.2) is 7.05 Å². The molecule has 1 saturated carbocycles. The predicted octanol–water partition coefficient (Wildman–Crippen LogP) is 7.88. The topological polar surface area (TPSA) is 21.3 Å². The van der Waals surface area contributed by atoms with Crippen molar-refractivity contribution >= 4 is 5.69 Å². The quantitative estimate of drug-likeness (QED) is 0.512. The summed E-state index contributed by atoms with van der Waals surface area (Å²) in [5.41, 5.74) is 3.71. The zero-order valence-electron chi connectivity index (χ0n) is 18.7. The molecule has 2 aromatic carbocycles. The summed E-state index contributed by atoms with van der Waals surface area (Å²) >= 11 is 0. The molecular weight excluding hydrogens is 387 g/mol. The molecule has 30 heavy (non-hydrogen) atoms. The van der Waals surface area contributed by atoms with Crippen LogP contribution in [0.2, 0.25) is 0 Å². The lowest BCUT2D eigenvalue weighted by molar-refractivity contribution is -0.138. The van der Waals surface area contributed by atoms with Crippen LogP contribution in [-0.2, 0) is 19.2 Å². The molecule has 0 aromatic heterocycles. The zero-order chi connectivity index (χ0) is 22.3. The molecule has 0 unspecified atom stereocenters. The Morgan fingerprint density at radius 2 is 1.73 bits per heavy atom. The van der Waals surface area contributed by atoms with E-state index in [4.69, 9.17) is 4.74 Å². The average molecular weight is 422 g/mol. The fraction of sp³-hybridized carbons (Fsp3) is 0.520. The number of hydrogen-bond acceptors (Lipinski definition) is 2. The number of hydrogen-bond donors (Lipinski definition) is 1. The highest BCUT2D eigenvalue weighted by atomic mass is 19.4. The largest absolute Gasteiger partial charge is 0.489 e. The van der Waals surface area contributed by atoms with Gasteiger partial charge in [0.15, 0.2) is 0 Å². The van der Waals surface area contributed by atoms with Gasteiger partial charge in [-0.1, -0.05) is 45.7 Å². The molecule has 0 bridgehead atoms. The van der Waals surface area contributed by atoms with Crippen LogP contribution in [0.5, 0.6) is 5.75 Å². The van der Waals surface area contributed by atoms with Crippen molar-refractivity contribution in [2.75, 3.05) is 12.4 Å². The Labute approximate surface area is 178 Å². The lowest BCUT2D eigenvalue weighted by atomic mass is 9.91. The van der Waals surface area contributed by atoms with Gasteiger partial charge in [-0.2, -0.15) is 13.2 Å². The van der Waals surface area contributed by atoms with Crippen molar-refractivity contribution in [3.63, 3.8) is 0 Å². The van der Waals surface area contributed by atoms with E-state index in [0.29, 0.717) is 16.9 Å². The van der Waals surface area contributed by atoms with Crippen LogP contribution < -0.4 is 10.1 Å². The number of anilines is 1. The minimum Gasteiger partial charge on any atom is -0.489 e. The standard InChI is InChI=1S/C23H28F3NO.C2H6/c1-4-18-15(2)22(12-11-21(18)27-3)28-14-16-9-10-19(17-7-5-6-8-17)20(13-16)23(24,25)26;1-2/h9-13,17,27H,4-8,14H2,1-3H3;1-2H3. The van der Waals surface area contributed by atoms with Crippen molar-refractivity contribution in [1.82, 2.24) is 0 Å². The lowest BCUT2D eigenvalue weighted by Gasteiger charge is -2.20. The van der Waals surface area contributed by atoms with Crippen molar-refractivity contribution in [3.8, 4) is 5.75 Å². The number of nitrogens with one attached hydrogen (secondary N) is 1. The van der Waals surface area contributed by atoms with Crippen LogP contribution in [0.25, 0.3) is 0 Å². The smallest absolute Gasteiger partial charge is 0.416 e. The average Bonchev–Trinajstić information content (AvgIpc) is 3.28. The van der Waals surface area contributed by atoms with Crippen LogP contribution in [0, 0.1) is 6.92 Å². The summed E-state index contributed by atoms with van der Waals surface area (Å²) in [6.07, 6.45) is 0.218. The normalized spacial score (nSPS) is 14.3. The maximum atomic E-state index is 13.6. The molecule has 1 aliphatic rings. The van der Waals surface area contributed by atoms with Crippen molar-refractivity contribution in [1.29, 1.82) is 0 Å². The van der Waals surface area contributed by atoms with Gasteiger partial charge < -0.3 is 10.1 Å². The van der Waals surface area contributed by atoms with Gasteiger partial charge in [0, 0.05) is 12.7 Å². The van der Waals surface area contributed by atoms with E-state index in [1.54, 1.807) is 12.1 Å². The first-order valence-corrected chi connectivity index (χ1v) is 11.0. The van der Waals surface area contributed by atoms with E-state index in [1.165, 1.54) is 6.07 Å². The van der Waals surface area contributed by atoms with Gasteiger partial charge >= 0.3 is 6.18 Å². The van der Waals surface area contributed by atoms with Crippen molar-refractivity contribution < 1.29 is 17.9 Å². The van der Waals surface area contributed by atoms with Gasteiger partial charge in [-0.05, 0) is 72.6 Å². The van der Waals surface area contributed by atoms with E-state index >= 15 is 0 Å². The number of rotatable bonds is 6. The molecule has 166 valence electrons. The second-order valence-electron chi connectivity index (χ2n) is 7.51. The Balaban J connectivity index is 0.00000155. The zero-order valence-corrected chi connectivity index (χ0v) is 18.7. The third-order valence-corrected chi connectivity index (χ3v) is 5.78. The van der Waals surface area contributed by atoms with E-state index in [-0.39, 0.29) is 12.5 Å². The number of ether oxygens (including phenoxy) is 1. The number of benzene rings is 2. The highest BCUT2D eigenvalue weighted by Gasteiger charge is 2.36. The second kappa shape index (κ2) is 10.7. The van der Waals surface area contributed by atoms with Gasteiger partial charge in [-0.3, -0.25) is 0 Å². The fourth-order valence-corrected chi connectivity index (χ4v) is 4.27. The molecule has 0 saturated heterocycles. The molecule has 1 N–H and O–H groups in total. The Kier molecular flexibility index (Phi) is 8.63. The number of alkyl halides is 3. The Morgan fingerprint density at radius 3 is 2.30 bits per heavy atom. The van der Waals surface area contributed by atoms with E-state index in [0.717, 1.165) is 48.9 Å². The maximum Gasteiger partial charge on any atom is 0.416 e. The second-order valence-corrected chi connectivity index (χ2v) is 7.51. The van der Waals surface area contributed by atoms with Crippen molar-refractivity contribution in [2.24, 2.45) is 0 Å². The predicted molar refractivity (Wildman–Crippen MR) is 118 cm³/mol. The van der Waals surface area contributed by atoms with Crippen LogP contribution in [0.1, 0.15) is 80.2 Å². The molecule has 1 aliphatic carbocycles. The first-order valence-electron chi connectivity index (χ1n) is 11.0. The molecule has 0 atom stereocenters. The monoisotopic (exact) mass is 421 g/mol. The summed E-state index contributed by atoms with van der Waals surface area (Å²) in [4.78, 5) is 0. The minimum absolute atomic E-state index is 0.0232. The maximum absolute atomic E-state index is 13.6. The third kappa shape index (κ3) is 5.50. The van der Waals surface area contributed by atoms with Gasteiger partial charge in [0.25, 0.3) is 0 Å². The molecule has 2 nitrogen and oxygen atoms in total. The molecule has 0 radical (unpaired) electrons. The van der Waals surface area contributed by atoms with Gasteiger partial charge in [0.2, 0.25) is 0 Å². The summed E-state index contributed by atoms with van der Waals surface area (Å²) in [6, 6.07) is 8.53. The summed E-state index contributed by atoms with van der Waals surface area (Å²) in [5, 5.41) is 3.16. The molecule has 0 aliphatic heterocycles. The van der Waals surface area contributed by atoms with Gasteiger partial charge in [0.1, 0.15) is 12.4 Å². The molecule has 2 aromatic rings. The molecule has 1 fully saturated rings. The van der Waals surface area contributed by atoms with Crippen LogP contribution in [0.4, 0.5) is 18.9 Å². The lowest BCUT2D eigenvalue weighted by Crippen LogP contribution is -2.12. The molecular formula is C25H34F3NO. The molecule has 0 heterocycles. The van der Waals surface area contributed by atoms with Gasteiger partial charge in [-0.25, -0.2) is 0 Å². The third-order valence-electron chi connectivity index (χ3n) is 5.78. The molecule has 0 amide bonds. The van der Waals surface area contributed by atoms with Gasteiger partial charge in [0.05, 0.1) is 5.56 Å². The Morgan fingerprint density at radius 1 is 1.07 bits per heavy atom. The summed E-state index contributed by atoms with van der Waals surface area (Å²) in [6.45, 7) is 8.18. The van der Waals surface area contributed by atoms with Crippen LogP contribution in [0.3, 0.4) is 0 Å². The van der Waals surface area contributed by atoms with Crippen LogP contribution in [0.15, 0.2) is 30.3 Å². The molecule has 3 rings (SSSR count). The first-order chi connectivity index (χ1) is 14.3. The minimum atomic E-state index is -4.34. The van der Waals surface area contributed by atoms with E-state index in [1.807, 2.05) is 40.0 Å². The van der Waals surface area contributed by atoms with Gasteiger partial charge in [-0.15, -0.1) is 0 Å². The van der Waals surface area contributed by atoms with Crippen molar-refractivity contribution in [3.05, 3.63) is 58.1 Å². The first kappa shape index (κ1) is 24.1. The Hall–Kier alpha value is -2.17. The van der Waals surface area contributed by atoms with Crippen LogP contribution >= 0.6 is 0 Å². The van der Waals surface area contributed by atoms with E-state index in [2.05, 4.69) is 12.2 Å². The summed E-state index contributed by atoms with van der Waals surface area (Å²) in [5.74, 6) is 0.735. The summed E-state index contributed by atoms with van der Waals surface area (Å²) < 4.78 is 46.8. The highest BCUT2D eigenvalue weighted by Crippen LogP contribution is 2.42. The molecule has 5 heteroatoms. The Bertz CT molecular complexity index is 824. The SMILES string of the molecule is CC.CCc1c(NC)ccc(OCc2ccc(C3CCCC3)c(C(F)(F)F)c2)c1C. The molecule has 0 spiro atoms. The fourth-order valence-electron chi connectivity index (χ4n) is 4.27. The van der Waals surface area contributed by atoms with Crippen molar-refractivity contribution in [2.45, 2.75) is 78.5 Å². The highest BCUT2D eigenvalue weighted by molar-refractivity contribution is 5.58. The van der Waals surface area contributed by atoms with E-state index in [9.17, 15) is 13.2 Å².